The first-order valence-corrected chi connectivity index (χ1v) is 8.43. The third-order valence-corrected chi connectivity index (χ3v) is 3.89. The second kappa shape index (κ2) is 8.33. The molecular formula is C20H16ClN3O3. The van der Waals surface area contributed by atoms with Gasteiger partial charge in [-0.15, -0.1) is 0 Å². The number of ether oxygens (including phenoxy) is 1. The molecule has 0 atom stereocenters. The van der Waals surface area contributed by atoms with Crippen LogP contribution < -0.4 is 15.4 Å². The van der Waals surface area contributed by atoms with Gasteiger partial charge < -0.3 is 15.4 Å². The molecule has 0 unspecified atom stereocenters. The molecule has 0 aliphatic heterocycles. The summed E-state index contributed by atoms with van der Waals surface area (Å²) < 4.78 is 5.21. The van der Waals surface area contributed by atoms with Gasteiger partial charge in [0.25, 0.3) is 11.8 Å². The zero-order valence-corrected chi connectivity index (χ0v) is 15.2. The molecule has 1 aromatic heterocycles. The maximum Gasteiger partial charge on any atom is 0.274 e. The fraction of sp³-hybridized carbons (Fsp3) is 0.0500. The van der Waals surface area contributed by atoms with Crippen LogP contribution in [-0.4, -0.2) is 23.9 Å². The molecule has 1 heterocycles. The number of benzene rings is 2. The summed E-state index contributed by atoms with van der Waals surface area (Å²) in [6.07, 6.45) is 0. The molecule has 27 heavy (non-hydrogen) atoms. The Bertz CT molecular complexity index is 977. The summed E-state index contributed by atoms with van der Waals surface area (Å²) in [6, 6.07) is 18.5. The van der Waals surface area contributed by atoms with Crippen LogP contribution in [0.3, 0.4) is 0 Å². The molecule has 2 amide bonds. The van der Waals surface area contributed by atoms with Crippen LogP contribution in [0.2, 0.25) is 5.02 Å². The Morgan fingerprint density at radius 2 is 1.56 bits per heavy atom. The van der Waals surface area contributed by atoms with Gasteiger partial charge in [-0.25, -0.2) is 4.98 Å². The van der Waals surface area contributed by atoms with Crippen molar-refractivity contribution in [2.75, 3.05) is 17.7 Å². The van der Waals surface area contributed by atoms with Crippen LogP contribution in [0.1, 0.15) is 21.0 Å². The molecule has 0 saturated carbocycles. The molecule has 0 aliphatic rings. The van der Waals surface area contributed by atoms with Crippen molar-refractivity contribution in [2.45, 2.75) is 0 Å². The molecule has 3 aromatic rings. The predicted molar refractivity (Wildman–Crippen MR) is 105 cm³/mol. The van der Waals surface area contributed by atoms with Crippen LogP contribution in [0.5, 0.6) is 5.75 Å². The van der Waals surface area contributed by atoms with Gasteiger partial charge in [0.15, 0.2) is 0 Å². The molecule has 136 valence electrons. The van der Waals surface area contributed by atoms with Gasteiger partial charge in [0.2, 0.25) is 0 Å². The van der Waals surface area contributed by atoms with E-state index in [1.165, 1.54) is 19.2 Å². The lowest BCUT2D eigenvalue weighted by molar-refractivity contribution is 0.101. The van der Waals surface area contributed by atoms with Gasteiger partial charge in [-0.1, -0.05) is 35.9 Å². The Hall–Kier alpha value is -3.38. The SMILES string of the molecule is COc1ccc(Cl)cc1NC(=O)c1cccc(C(=O)Nc2ccccc2)n1. The van der Waals surface area contributed by atoms with Crippen LogP contribution >= 0.6 is 11.6 Å². The molecule has 0 spiro atoms. The lowest BCUT2D eigenvalue weighted by Gasteiger charge is -2.11. The summed E-state index contributed by atoms with van der Waals surface area (Å²) in [6.45, 7) is 0. The lowest BCUT2D eigenvalue weighted by Crippen LogP contribution is -2.18. The molecule has 7 heteroatoms. The van der Waals surface area contributed by atoms with Gasteiger partial charge in [0.05, 0.1) is 12.8 Å². The van der Waals surface area contributed by atoms with Crippen LogP contribution in [0.25, 0.3) is 0 Å². The number of para-hydroxylation sites is 1. The number of hydrogen-bond donors (Lipinski definition) is 2. The second-order valence-electron chi connectivity index (χ2n) is 5.53. The van der Waals surface area contributed by atoms with Crippen LogP contribution in [0.15, 0.2) is 66.7 Å². The minimum absolute atomic E-state index is 0.0951. The largest absolute Gasteiger partial charge is 0.495 e. The molecular weight excluding hydrogens is 366 g/mol. The quantitative estimate of drug-likeness (QED) is 0.692. The summed E-state index contributed by atoms with van der Waals surface area (Å²) in [7, 11) is 1.49. The number of nitrogens with zero attached hydrogens (tertiary/aromatic N) is 1. The summed E-state index contributed by atoms with van der Waals surface area (Å²) in [5.41, 5.74) is 1.28. The Morgan fingerprint density at radius 1 is 0.889 bits per heavy atom. The van der Waals surface area contributed by atoms with E-state index in [-0.39, 0.29) is 11.4 Å². The highest BCUT2D eigenvalue weighted by atomic mass is 35.5. The van der Waals surface area contributed by atoms with Crippen molar-refractivity contribution < 1.29 is 14.3 Å². The Kier molecular flexibility index (Phi) is 5.68. The van der Waals surface area contributed by atoms with Gasteiger partial charge >= 0.3 is 0 Å². The zero-order chi connectivity index (χ0) is 19.2. The molecule has 2 N–H and O–H groups in total. The highest BCUT2D eigenvalue weighted by Crippen LogP contribution is 2.28. The Labute approximate surface area is 161 Å². The Morgan fingerprint density at radius 3 is 2.22 bits per heavy atom. The van der Waals surface area contributed by atoms with Crippen molar-refractivity contribution in [3.63, 3.8) is 0 Å². The van der Waals surface area contributed by atoms with E-state index < -0.39 is 11.8 Å². The molecule has 3 rings (SSSR count). The standard InChI is InChI=1S/C20H16ClN3O3/c1-27-18-11-10-13(21)12-17(18)24-20(26)16-9-5-8-15(23-16)19(25)22-14-6-3-2-4-7-14/h2-12H,1H3,(H,22,25)(H,24,26). The van der Waals surface area contributed by atoms with Gasteiger partial charge in [0.1, 0.15) is 17.1 Å². The number of carbonyl (C=O) groups is 2. The predicted octanol–water partition coefficient (Wildman–Crippen LogP) is 4.25. The van der Waals surface area contributed by atoms with E-state index in [2.05, 4.69) is 15.6 Å². The number of pyridine rings is 1. The van der Waals surface area contributed by atoms with Gasteiger partial charge in [-0.2, -0.15) is 0 Å². The Balaban J connectivity index is 1.78. The average molecular weight is 382 g/mol. The first-order chi connectivity index (χ1) is 13.1. The molecule has 0 bridgehead atoms. The summed E-state index contributed by atoms with van der Waals surface area (Å²) in [5, 5.41) is 5.87. The number of aromatic nitrogens is 1. The van der Waals surface area contributed by atoms with Crippen LogP contribution in [0.4, 0.5) is 11.4 Å². The van der Waals surface area contributed by atoms with Crippen molar-refractivity contribution in [3.8, 4) is 5.75 Å². The number of nitrogens with one attached hydrogen (secondary N) is 2. The average Bonchev–Trinajstić information content (AvgIpc) is 2.69. The van der Waals surface area contributed by atoms with E-state index in [0.29, 0.717) is 22.1 Å². The lowest BCUT2D eigenvalue weighted by atomic mass is 10.2. The van der Waals surface area contributed by atoms with E-state index in [4.69, 9.17) is 16.3 Å². The number of hydrogen-bond acceptors (Lipinski definition) is 4. The van der Waals surface area contributed by atoms with Crippen molar-refractivity contribution in [1.29, 1.82) is 0 Å². The number of anilines is 2. The highest BCUT2D eigenvalue weighted by Gasteiger charge is 2.14. The van der Waals surface area contributed by atoms with Gasteiger partial charge in [-0.05, 0) is 42.5 Å². The molecule has 6 nitrogen and oxygen atoms in total. The first-order valence-electron chi connectivity index (χ1n) is 8.05. The topological polar surface area (TPSA) is 80.3 Å². The minimum Gasteiger partial charge on any atom is -0.495 e. The van der Waals surface area contributed by atoms with Crippen molar-refractivity contribution in [2.24, 2.45) is 0 Å². The van der Waals surface area contributed by atoms with Crippen molar-refractivity contribution >= 4 is 34.8 Å². The maximum absolute atomic E-state index is 12.5. The second-order valence-corrected chi connectivity index (χ2v) is 5.96. The van der Waals surface area contributed by atoms with Crippen molar-refractivity contribution in [1.82, 2.24) is 4.98 Å². The minimum atomic E-state index is -0.482. The highest BCUT2D eigenvalue weighted by molar-refractivity contribution is 6.31. The maximum atomic E-state index is 12.5. The van der Waals surface area contributed by atoms with Crippen molar-refractivity contribution in [3.05, 3.63) is 83.1 Å². The number of amides is 2. The summed E-state index contributed by atoms with van der Waals surface area (Å²) in [5.74, 6) is -0.424. The van der Waals surface area contributed by atoms with E-state index in [1.807, 2.05) is 18.2 Å². The fourth-order valence-corrected chi connectivity index (χ4v) is 2.54. The smallest absolute Gasteiger partial charge is 0.274 e. The number of carbonyl (C=O) groups excluding carboxylic acids is 2. The molecule has 0 saturated heterocycles. The van der Waals surface area contributed by atoms with E-state index in [9.17, 15) is 9.59 Å². The van der Waals surface area contributed by atoms with Crippen LogP contribution in [0, 0.1) is 0 Å². The fourth-order valence-electron chi connectivity index (χ4n) is 2.37. The normalized spacial score (nSPS) is 10.1. The summed E-state index contributed by atoms with van der Waals surface area (Å²) >= 11 is 5.97. The zero-order valence-electron chi connectivity index (χ0n) is 14.4. The van der Waals surface area contributed by atoms with Gasteiger partial charge in [0, 0.05) is 10.7 Å². The molecule has 0 fully saturated rings. The molecule has 0 radical (unpaired) electrons. The van der Waals surface area contributed by atoms with E-state index >= 15 is 0 Å². The monoisotopic (exact) mass is 381 g/mol. The van der Waals surface area contributed by atoms with Gasteiger partial charge in [-0.3, -0.25) is 9.59 Å². The van der Waals surface area contributed by atoms with Crippen LogP contribution in [-0.2, 0) is 0 Å². The third kappa shape index (κ3) is 4.62. The number of rotatable bonds is 5. The molecule has 2 aromatic carbocycles. The number of halogens is 1. The van der Waals surface area contributed by atoms with E-state index in [1.54, 1.807) is 36.4 Å². The summed E-state index contributed by atoms with van der Waals surface area (Å²) in [4.78, 5) is 29.0. The third-order valence-electron chi connectivity index (χ3n) is 3.66. The molecule has 0 aliphatic carbocycles. The first kappa shape index (κ1) is 18.4. The number of methoxy groups -OCH3 is 1. The van der Waals surface area contributed by atoms with E-state index in [0.717, 1.165) is 0 Å².